The van der Waals surface area contributed by atoms with Crippen LogP contribution in [0.3, 0.4) is 0 Å². The number of fused-ring (bicyclic) bond motifs is 3. The van der Waals surface area contributed by atoms with E-state index >= 15 is 8.78 Å². The van der Waals surface area contributed by atoms with Crippen LogP contribution in [0.4, 0.5) is 13.6 Å². The molecule has 0 saturated carbocycles. The summed E-state index contributed by atoms with van der Waals surface area (Å²) in [6, 6.07) is 13.2. The molecule has 15 nitrogen and oxygen atoms in total. The van der Waals surface area contributed by atoms with Crippen molar-refractivity contribution in [3.05, 3.63) is 95.6 Å². The van der Waals surface area contributed by atoms with Crippen LogP contribution in [0, 0.1) is 11.8 Å². The zero-order valence-electron chi connectivity index (χ0n) is 36.4. The third-order valence-corrected chi connectivity index (χ3v) is 11.4. The molecule has 1 aliphatic carbocycles. The fraction of sp³-hybridized carbons (Fsp3) is 0.457. The van der Waals surface area contributed by atoms with Gasteiger partial charge in [0.15, 0.2) is 6.04 Å². The molecule has 1 aliphatic heterocycles. The van der Waals surface area contributed by atoms with E-state index in [2.05, 4.69) is 26.6 Å². The Morgan fingerprint density at radius 3 is 1.79 bits per heavy atom. The summed E-state index contributed by atoms with van der Waals surface area (Å²) in [4.78, 5) is 94.3. The molecule has 0 bridgehead atoms. The highest BCUT2D eigenvalue weighted by Crippen LogP contribution is 2.44. The van der Waals surface area contributed by atoms with Gasteiger partial charge in [-0.15, -0.1) is 0 Å². The standard InChI is InChI=1S/C46H56F2N6O9/c1-25(2)36(42(58)52-37(26(3)4)44(60)62-7)51-41(57)35-22-15-23-54(35)43(59)38(46(47,48)29-16-9-8-10-17-29)53-40(56)27(5)49-39(55)28(6)50-45(61)63-24-34-32-20-13-11-18-30(32)31-19-12-14-21-33(31)34/h8-14,16-21,25-28,34-38H,15,22-24H2,1-7H3,(H,49,55)(H,50,61)(H,51,57)(H,52,58)(H,53,56)/t27-,28-,35-,36-,37-,38+/m0/s1. The first-order valence-corrected chi connectivity index (χ1v) is 21.0. The first kappa shape index (κ1) is 47.7. The van der Waals surface area contributed by atoms with Gasteiger partial charge >= 0.3 is 18.0 Å². The lowest BCUT2D eigenvalue weighted by molar-refractivity contribution is -0.153. The summed E-state index contributed by atoms with van der Waals surface area (Å²) < 4.78 is 43.3. The first-order chi connectivity index (χ1) is 29.9. The Morgan fingerprint density at radius 1 is 0.683 bits per heavy atom. The van der Waals surface area contributed by atoms with Gasteiger partial charge in [0.05, 0.1) is 7.11 Å². The number of alkyl carbamates (subject to hydrolysis) is 1. The van der Waals surface area contributed by atoms with Gasteiger partial charge in [0.25, 0.3) is 5.91 Å². The summed E-state index contributed by atoms with van der Waals surface area (Å²) in [6.07, 6.45) is -0.576. The molecule has 0 aromatic heterocycles. The van der Waals surface area contributed by atoms with Crippen molar-refractivity contribution < 1.29 is 51.8 Å². The Labute approximate surface area is 365 Å². The fourth-order valence-electron chi connectivity index (χ4n) is 7.81. The third-order valence-electron chi connectivity index (χ3n) is 11.4. The molecular formula is C46H56F2N6O9. The lowest BCUT2D eigenvalue weighted by atomic mass is 9.98. The van der Waals surface area contributed by atoms with Crippen molar-refractivity contribution >= 4 is 41.6 Å². The number of methoxy groups -OCH3 is 1. The Kier molecular flexibility index (Phi) is 15.6. The minimum atomic E-state index is -4.01. The second-order valence-corrected chi connectivity index (χ2v) is 16.5. The molecule has 0 spiro atoms. The van der Waals surface area contributed by atoms with Crippen molar-refractivity contribution in [2.24, 2.45) is 11.8 Å². The number of hydrogen-bond donors (Lipinski definition) is 5. The van der Waals surface area contributed by atoms with Crippen molar-refractivity contribution in [2.75, 3.05) is 20.3 Å². The molecule has 5 N–H and O–H groups in total. The van der Waals surface area contributed by atoms with Gasteiger partial charge in [-0.25, -0.2) is 9.59 Å². The van der Waals surface area contributed by atoms with E-state index in [9.17, 15) is 33.6 Å². The summed E-state index contributed by atoms with van der Waals surface area (Å²) in [5.74, 6) is -10.5. The van der Waals surface area contributed by atoms with Gasteiger partial charge in [-0.05, 0) is 60.8 Å². The molecule has 0 radical (unpaired) electrons. The van der Waals surface area contributed by atoms with Crippen molar-refractivity contribution in [3.8, 4) is 11.1 Å². The molecule has 5 rings (SSSR count). The SMILES string of the molecule is COC(=O)[C@@H](NC(=O)[C@@H](NC(=O)[C@@H]1CCCN1C(=O)[C@@H](NC(=O)[C@H](C)NC(=O)[C@H](C)NC(=O)OCC1c2ccccc2-c2ccccc21)C(F)(F)c1ccccc1)C(C)C)C(C)C. The largest absolute Gasteiger partial charge is 0.467 e. The first-order valence-electron chi connectivity index (χ1n) is 21.0. The Bertz CT molecular complexity index is 2120. The summed E-state index contributed by atoms with van der Waals surface area (Å²) in [6.45, 7) is 9.18. The molecule has 1 fully saturated rings. The van der Waals surface area contributed by atoms with Crippen LogP contribution in [0.1, 0.15) is 77.0 Å². The molecule has 6 amide bonds. The monoisotopic (exact) mass is 874 g/mol. The minimum absolute atomic E-state index is 0.0129. The maximum absolute atomic E-state index is 16.5. The Morgan fingerprint density at radius 2 is 1.22 bits per heavy atom. The van der Waals surface area contributed by atoms with Crippen molar-refractivity contribution in [2.45, 2.75) is 102 Å². The predicted octanol–water partition coefficient (Wildman–Crippen LogP) is 4.14. The lowest BCUT2D eigenvalue weighted by Gasteiger charge is -2.34. The molecule has 63 heavy (non-hydrogen) atoms. The lowest BCUT2D eigenvalue weighted by Crippen LogP contribution is -2.62. The predicted molar refractivity (Wildman–Crippen MR) is 228 cm³/mol. The van der Waals surface area contributed by atoms with E-state index in [1.165, 1.54) is 39.2 Å². The molecule has 6 atom stereocenters. The van der Waals surface area contributed by atoms with E-state index in [4.69, 9.17) is 9.47 Å². The zero-order valence-corrected chi connectivity index (χ0v) is 36.4. The van der Waals surface area contributed by atoms with Crippen LogP contribution in [-0.2, 0) is 44.2 Å². The van der Waals surface area contributed by atoms with Crippen LogP contribution in [0.5, 0.6) is 0 Å². The molecule has 1 heterocycles. The number of hydrogen-bond acceptors (Lipinski definition) is 9. The summed E-state index contributed by atoms with van der Waals surface area (Å²) in [5, 5.41) is 12.2. The van der Waals surface area contributed by atoms with E-state index in [1.807, 2.05) is 48.5 Å². The van der Waals surface area contributed by atoms with Crippen LogP contribution in [0.15, 0.2) is 78.9 Å². The van der Waals surface area contributed by atoms with Gasteiger partial charge in [0.2, 0.25) is 23.6 Å². The van der Waals surface area contributed by atoms with E-state index < -0.39 is 95.3 Å². The normalized spacial score (nSPS) is 17.0. The fourth-order valence-corrected chi connectivity index (χ4v) is 7.81. The highest BCUT2D eigenvalue weighted by molar-refractivity contribution is 5.97. The maximum atomic E-state index is 16.5. The Balaban J connectivity index is 1.24. The zero-order chi connectivity index (χ0) is 46.2. The van der Waals surface area contributed by atoms with Gasteiger partial charge < -0.3 is 41.0 Å². The second-order valence-electron chi connectivity index (χ2n) is 16.5. The molecule has 0 unspecified atom stereocenters. The molecule has 17 heteroatoms. The summed E-state index contributed by atoms with van der Waals surface area (Å²) in [5.41, 5.74) is 3.46. The topological polar surface area (TPSA) is 201 Å². The maximum Gasteiger partial charge on any atom is 0.407 e. The van der Waals surface area contributed by atoms with Crippen molar-refractivity contribution in [1.29, 1.82) is 0 Å². The number of carbonyl (C=O) groups is 7. The van der Waals surface area contributed by atoms with Gasteiger partial charge in [-0.3, -0.25) is 24.0 Å². The number of alkyl halides is 2. The van der Waals surface area contributed by atoms with Crippen LogP contribution < -0.4 is 26.6 Å². The third kappa shape index (κ3) is 11.0. The molecule has 3 aromatic rings. The molecular weight excluding hydrogens is 819 g/mol. The number of esters is 1. The molecule has 3 aromatic carbocycles. The van der Waals surface area contributed by atoms with Gasteiger partial charge in [-0.2, -0.15) is 8.78 Å². The molecule has 338 valence electrons. The number of likely N-dealkylation sites (tertiary alicyclic amines) is 1. The van der Waals surface area contributed by atoms with E-state index in [0.29, 0.717) is 0 Å². The van der Waals surface area contributed by atoms with Gasteiger partial charge in [0, 0.05) is 18.0 Å². The highest BCUT2D eigenvalue weighted by Gasteiger charge is 2.51. The van der Waals surface area contributed by atoms with Crippen LogP contribution in [0.25, 0.3) is 11.1 Å². The minimum Gasteiger partial charge on any atom is -0.467 e. The number of ether oxygens (including phenoxy) is 2. The second kappa shape index (κ2) is 20.7. The quantitative estimate of drug-likeness (QED) is 0.124. The number of nitrogens with one attached hydrogen (secondary N) is 5. The average Bonchev–Trinajstić information content (AvgIpc) is 3.88. The molecule has 1 saturated heterocycles. The summed E-state index contributed by atoms with van der Waals surface area (Å²) >= 11 is 0. The number of nitrogens with zero attached hydrogens (tertiary/aromatic N) is 1. The van der Waals surface area contributed by atoms with Gasteiger partial charge in [0.1, 0.15) is 36.8 Å². The van der Waals surface area contributed by atoms with Crippen LogP contribution >= 0.6 is 0 Å². The average molecular weight is 875 g/mol. The van der Waals surface area contributed by atoms with E-state index in [1.54, 1.807) is 27.7 Å². The van der Waals surface area contributed by atoms with E-state index in [-0.39, 0.29) is 37.8 Å². The number of halogens is 2. The van der Waals surface area contributed by atoms with Crippen molar-refractivity contribution in [3.63, 3.8) is 0 Å². The highest BCUT2D eigenvalue weighted by atomic mass is 19.3. The smallest absolute Gasteiger partial charge is 0.407 e. The van der Waals surface area contributed by atoms with Gasteiger partial charge in [-0.1, -0.05) is 107 Å². The number of rotatable bonds is 17. The number of carbonyl (C=O) groups excluding carboxylic acids is 7. The van der Waals surface area contributed by atoms with Crippen LogP contribution in [-0.4, -0.2) is 103 Å². The Hall–Kier alpha value is -6.39. The summed E-state index contributed by atoms with van der Waals surface area (Å²) in [7, 11) is 1.18. The number of amides is 6. The van der Waals surface area contributed by atoms with E-state index in [0.717, 1.165) is 39.3 Å². The van der Waals surface area contributed by atoms with Crippen molar-refractivity contribution in [1.82, 2.24) is 31.5 Å². The van der Waals surface area contributed by atoms with Crippen LogP contribution in [0.2, 0.25) is 0 Å². The number of benzene rings is 3. The molecule has 2 aliphatic rings.